The number of Topliss-reactive ketones (excluding diaryl/α,β-unsaturated/α-hetero) is 3. The van der Waals surface area contributed by atoms with Crippen molar-refractivity contribution in [3.8, 4) is 68.8 Å². The topological polar surface area (TPSA) is 235 Å². The third-order valence-corrected chi connectivity index (χ3v) is 24.4. The largest absolute Gasteiger partial charge is 0.508 e. The van der Waals surface area contributed by atoms with E-state index in [-0.39, 0.29) is 34.6 Å². The summed E-state index contributed by atoms with van der Waals surface area (Å²) in [5, 5.41) is 20.4. The SMILES string of the molecule is COc1ccc(Oc2cc(NCC3CCOCC3)c3ncn(-c4ccc(C(=O)CC5CC5)c(C)c4)c3c2)c(F)c1.COc1ccc(Oc2cc(NCC3CCOCC3)c3ncn(-c4ccc(C(=O)CC5CC5)c(C)c4)c3c2)c(SC)c1.Cc1cc(-n2cnc3c(NCC4CCOCC4)cc(Oc4ccc(O)cc4F)cc32)ccc1C(=O)CC1CC1. The molecule has 120 heavy (non-hydrogen) atoms. The minimum absolute atomic E-state index is 0.0166. The first kappa shape index (κ1) is 82.4. The van der Waals surface area contributed by atoms with Crippen molar-refractivity contribution < 1.29 is 66.2 Å². The number of hydrogen-bond acceptors (Lipinski definition) is 19. The van der Waals surface area contributed by atoms with Gasteiger partial charge in [-0.1, -0.05) is 0 Å². The van der Waals surface area contributed by atoms with E-state index in [9.17, 15) is 28.3 Å². The van der Waals surface area contributed by atoms with E-state index in [2.05, 4.69) is 26.6 Å². The highest BCUT2D eigenvalue weighted by molar-refractivity contribution is 7.98. The lowest BCUT2D eigenvalue weighted by molar-refractivity contribution is 0.0698. The highest BCUT2D eigenvalue weighted by Gasteiger charge is 2.30. The Balaban J connectivity index is 0.000000134. The minimum atomic E-state index is -0.651. The van der Waals surface area contributed by atoms with Crippen LogP contribution in [0.2, 0.25) is 0 Å². The number of ether oxygens (including phenoxy) is 8. The van der Waals surface area contributed by atoms with Crippen LogP contribution in [-0.2, 0) is 14.2 Å². The summed E-state index contributed by atoms with van der Waals surface area (Å²) in [7, 11) is 3.17. The number of aromatic nitrogens is 6. The third kappa shape index (κ3) is 20.1. The average molecular weight is 1640 g/mol. The zero-order valence-corrected chi connectivity index (χ0v) is 69.6. The van der Waals surface area contributed by atoms with Crippen molar-refractivity contribution in [2.24, 2.45) is 35.5 Å². The Morgan fingerprint density at radius 1 is 0.408 bits per heavy atom. The molecule has 12 aromatic rings. The van der Waals surface area contributed by atoms with Gasteiger partial charge < -0.3 is 59.0 Å². The number of carbonyl (C=O) groups is 3. The van der Waals surface area contributed by atoms with Crippen LogP contribution in [0.4, 0.5) is 25.8 Å². The van der Waals surface area contributed by atoms with Crippen LogP contribution < -0.4 is 39.6 Å². The molecule has 0 atom stereocenters. The Labute approximate surface area is 701 Å². The van der Waals surface area contributed by atoms with E-state index in [0.29, 0.717) is 72.0 Å². The molecule has 0 spiro atoms. The summed E-state index contributed by atoms with van der Waals surface area (Å²) in [5.74, 6) is 6.28. The predicted molar refractivity (Wildman–Crippen MR) is 465 cm³/mol. The second-order valence-electron chi connectivity index (χ2n) is 32.6. The molecule has 624 valence electrons. The monoisotopic (exact) mass is 1640 g/mol. The van der Waals surface area contributed by atoms with Crippen LogP contribution in [0, 0.1) is 67.9 Å². The minimum Gasteiger partial charge on any atom is -0.508 e. The van der Waals surface area contributed by atoms with Gasteiger partial charge in [-0.3, -0.25) is 28.1 Å². The molecule has 18 rings (SSSR count). The van der Waals surface area contributed by atoms with Crippen LogP contribution in [0.3, 0.4) is 0 Å². The number of phenols is 1. The number of phenolic OH excluding ortho intramolecular Hbond substituents is 1. The van der Waals surface area contributed by atoms with Crippen molar-refractivity contribution in [2.45, 2.75) is 122 Å². The summed E-state index contributed by atoms with van der Waals surface area (Å²) < 4.78 is 80.9. The molecule has 3 aliphatic heterocycles. The van der Waals surface area contributed by atoms with Gasteiger partial charge in [0, 0.05) is 161 Å². The first-order valence-electron chi connectivity index (χ1n) is 41.9. The highest BCUT2D eigenvalue weighted by Crippen LogP contribution is 2.43. The molecule has 0 amide bonds. The molecule has 6 heterocycles. The number of methoxy groups -OCH3 is 2. The Morgan fingerprint density at radius 3 is 1.07 bits per heavy atom. The van der Waals surface area contributed by atoms with Crippen molar-refractivity contribution in [2.75, 3.05) is 95.7 Å². The van der Waals surface area contributed by atoms with Gasteiger partial charge in [-0.15, -0.1) is 11.8 Å². The van der Waals surface area contributed by atoms with Gasteiger partial charge in [-0.25, -0.2) is 23.7 Å². The summed E-state index contributed by atoms with van der Waals surface area (Å²) in [6.45, 7) is 13.0. The summed E-state index contributed by atoms with van der Waals surface area (Å²) in [6, 6.07) is 43.5. The van der Waals surface area contributed by atoms with Crippen LogP contribution in [0.5, 0.6) is 51.7 Å². The van der Waals surface area contributed by atoms with Crippen molar-refractivity contribution in [3.63, 3.8) is 0 Å². The number of thioether (sulfide) groups is 1. The third-order valence-electron chi connectivity index (χ3n) is 23.6. The number of fused-ring (bicyclic) bond motifs is 3. The number of aromatic hydroxyl groups is 1. The number of benzene rings is 9. The number of aryl methyl sites for hydroxylation is 3. The summed E-state index contributed by atoms with van der Waals surface area (Å²) in [6.07, 6.45) is 22.4. The van der Waals surface area contributed by atoms with Crippen LogP contribution in [0.25, 0.3) is 50.2 Å². The fraction of sp³-hybridized carbons (Fsp3) is 0.375. The molecule has 0 unspecified atom stereocenters. The number of nitrogens with zero attached hydrogens (tertiary/aromatic N) is 6. The molecule has 3 aliphatic carbocycles. The van der Waals surface area contributed by atoms with Crippen molar-refractivity contribution in [3.05, 3.63) is 210 Å². The molecule has 3 saturated carbocycles. The number of imidazole rings is 3. The van der Waals surface area contributed by atoms with Gasteiger partial charge >= 0.3 is 0 Å². The first-order valence-corrected chi connectivity index (χ1v) is 43.2. The van der Waals surface area contributed by atoms with Crippen LogP contribution >= 0.6 is 11.8 Å². The van der Waals surface area contributed by atoms with E-state index >= 15 is 0 Å². The van der Waals surface area contributed by atoms with Crippen LogP contribution in [0.15, 0.2) is 169 Å². The fourth-order valence-corrected chi connectivity index (χ4v) is 16.5. The molecule has 3 saturated heterocycles. The maximum absolute atomic E-state index is 14.8. The molecule has 21 nitrogen and oxygen atoms in total. The van der Waals surface area contributed by atoms with Crippen molar-refractivity contribution in [1.82, 2.24) is 28.7 Å². The smallest absolute Gasteiger partial charge is 0.169 e. The van der Waals surface area contributed by atoms with Crippen LogP contribution in [0.1, 0.15) is 144 Å². The van der Waals surface area contributed by atoms with Crippen molar-refractivity contribution >= 4 is 79.3 Å². The number of hydrogen-bond donors (Lipinski definition) is 4. The molecule has 4 N–H and O–H groups in total. The number of ketones is 3. The molecule has 6 fully saturated rings. The maximum Gasteiger partial charge on any atom is 0.169 e. The second kappa shape index (κ2) is 37.5. The van der Waals surface area contributed by atoms with Gasteiger partial charge in [0.15, 0.2) is 40.5 Å². The lowest BCUT2D eigenvalue weighted by atomic mass is 10.00. The van der Waals surface area contributed by atoms with Gasteiger partial charge in [0.2, 0.25) is 0 Å². The average Bonchev–Trinajstić information content (AvgIpc) is 1.62. The second-order valence-corrected chi connectivity index (χ2v) is 33.5. The zero-order chi connectivity index (χ0) is 82.9. The molecule has 9 aromatic carbocycles. The molecule has 6 aliphatic rings. The van der Waals surface area contributed by atoms with E-state index in [1.165, 1.54) is 38.2 Å². The number of anilines is 3. The molecule has 0 bridgehead atoms. The standard InChI is InChI=1S/C33H37N3O4S.C32H34FN3O4.C31H32FN3O4/c1-21-14-24(6-8-27(21)30(37)15-22-4-5-22)36-20-35-33-28(34-19-23-10-12-39-13-11-23)16-26(17-29(33)36)40-31-9-7-25(38-2)18-32(31)41-3;1-20-13-23(5-7-26(20)30(37)14-21-3-4-21)36-19-35-32-28(34-18-22-9-11-39-12-10-22)16-25(17-29(32)36)40-31-8-6-24(38-2)15-27(31)33;1-19-12-22(4-6-25(19)29(37)13-20-2-3-20)35-18-34-31-27(33-17-21-8-10-38-11-9-21)15-24(16-28(31)35)39-30-7-5-23(36)14-26(30)32/h6-9,14,16-18,20,22-23,34H,4-5,10-13,15,19H2,1-3H3;5-8,13,15-17,19,21-22,34H,3-4,9-12,14,18H2,1-2H3;4-7,12,14-16,18,20-21,33,36H,2-3,8-11,13,17H2,1H3. The van der Waals surface area contributed by atoms with E-state index in [0.717, 1.165) is 252 Å². The Morgan fingerprint density at radius 2 is 0.742 bits per heavy atom. The van der Waals surface area contributed by atoms with Gasteiger partial charge in [-0.2, -0.15) is 0 Å². The Hall–Kier alpha value is -11.3. The number of halogens is 2. The molecule has 3 aromatic heterocycles. The quantitative estimate of drug-likeness (QED) is 0.0242. The van der Waals surface area contributed by atoms with E-state index in [1.807, 2.05) is 146 Å². The first-order chi connectivity index (χ1) is 58.4. The predicted octanol–water partition coefficient (Wildman–Crippen LogP) is 21.6. The number of nitrogens with one attached hydrogen (secondary N) is 3. The van der Waals surface area contributed by atoms with E-state index in [4.69, 9.17) is 52.8 Å². The highest BCUT2D eigenvalue weighted by atomic mass is 32.2. The lowest BCUT2D eigenvalue weighted by Crippen LogP contribution is -2.22. The van der Waals surface area contributed by atoms with Gasteiger partial charge in [0.25, 0.3) is 0 Å². The normalized spacial score (nSPS) is 15.8. The van der Waals surface area contributed by atoms with Crippen molar-refractivity contribution in [1.29, 1.82) is 0 Å². The fourth-order valence-electron chi connectivity index (χ4n) is 16.0. The number of carbonyl (C=O) groups excluding carboxylic acids is 3. The number of rotatable bonds is 30. The van der Waals surface area contributed by atoms with Crippen LogP contribution in [-0.4, -0.2) is 131 Å². The van der Waals surface area contributed by atoms with Gasteiger partial charge in [0.05, 0.1) is 52.7 Å². The zero-order valence-electron chi connectivity index (χ0n) is 68.8. The maximum atomic E-state index is 14.8. The molecule has 24 heteroatoms. The Kier molecular flexibility index (Phi) is 25.8. The van der Waals surface area contributed by atoms with Gasteiger partial charge in [-0.05, 0) is 253 Å². The van der Waals surface area contributed by atoms with E-state index < -0.39 is 11.6 Å². The summed E-state index contributed by atoms with van der Waals surface area (Å²) in [5.41, 5.74) is 15.5. The molecular weight excluding hydrogens is 1540 g/mol. The summed E-state index contributed by atoms with van der Waals surface area (Å²) in [4.78, 5) is 53.6. The van der Waals surface area contributed by atoms with E-state index in [1.54, 1.807) is 43.7 Å². The van der Waals surface area contributed by atoms with Gasteiger partial charge in [0.1, 0.15) is 75.8 Å². The molecular formula is C96H103F2N9O12S. The lowest BCUT2D eigenvalue weighted by Gasteiger charge is -2.23. The summed E-state index contributed by atoms with van der Waals surface area (Å²) >= 11 is 1.62. The molecule has 0 radical (unpaired) electrons. The Bertz CT molecular complexity index is 5720.